The summed E-state index contributed by atoms with van der Waals surface area (Å²) in [7, 11) is 0. The summed E-state index contributed by atoms with van der Waals surface area (Å²) < 4.78 is 18.7. The van der Waals surface area contributed by atoms with Gasteiger partial charge in [0, 0.05) is 15.5 Å². The first kappa shape index (κ1) is 19.3. The molecule has 140 valence electrons. The molecule has 0 spiro atoms. The Labute approximate surface area is 166 Å². The van der Waals surface area contributed by atoms with Crippen molar-refractivity contribution in [2.24, 2.45) is 0 Å². The zero-order chi connectivity index (χ0) is 19.2. The highest BCUT2D eigenvalue weighted by Crippen LogP contribution is 2.28. The van der Waals surface area contributed by atoms with Crippen LogP contribution in [0.5, 0.6) is 5.75 Å². The average Bonchev–Trinajstić information content (AvgIpc) is 3.01. The first-order chi connectivity index (χ1) is 13.0. The number of benzene rings is 2. The maximum atomic E-state index is 13.1. The van der Waals surface area contributed by atoms with E-state index in [0.717, 1.165) is 21.1 Å². The monoisotopic (exact) mass is 404 g/mol. The lowest BCUT2D eigenvalue weighted by Crippen LogP contribution is -2.29. The third-order valence-corrected chi connectivity index (χ3v) is 4.97. The number of aromatic nitrogens is 1. The van der Waals surface area contributed by atoms with Crippen molar-refractivity contribution in [1.29, 1.82) is 0 Å². The number of carbonyl (C=O) groups is 1. The molecule has 3 aromatic rings. The van der Waals surface area contributed by atoms with Gasteiger partial charge >= 0.3 is 0 Å². The van der Waals surface area contributed by atoms with Crippen LogP contribution in [0, 0.1) is 12.7 Å². The zero-order valence-corrected chi connectivity index (χ0v) is 16.2. The van der Waals surface area contributed by atoms with Gasteiger partial charge in [-0.2, -0.15) is 0 Å². The van der Waals surface area contributed by atoms with E-state index in [4.69, 9.17) is 16.3 Å². The lowest BCUT2D eigenvalue weighted by atomic mass is 10.1. The lowest BCUT2D eigenvalue weighted by molar-refractivity contribution is -0.120. The fraction of sp³-hybridized carbons (Fsp3) is 0.200. The molecule has 0 saturated heterocycles. The number of aryl methyl sites for hydroxylation is 1. The molecule has 3 rings (SSSR count). The molecular formula is C20H18ClFN2O2S. The molecule has 0 saturated carbocycles. The largest absolute Gasteiger partial charge is 0.492 e. The highest BCUT2D eigenvalue weighted by atomic mass is 35.5. The Bertz CT molecular complexity index is 911. The van der Waals surface area contributed by atoms with Gasteiger partial charge in [-0.05, 0) is 55.5 Å². The van der Waals surface area contributed by atoms with Gasteiger partial charge in [0.05, 0.1) is 23.7 Å². The summed E-state index contributed by atoms with van der Waals surface area (Å²) >= 11 is 7.29. The topological polar surface area (TPSA) is 51.2 Å². The van der Waals surface area contributed by atoms with Crippen LogP contribution in [0.25, 0.3) is 11.3 Å². The van der Waals surface area contributed by atoms with Gasteiger partial charge in [0.25, 0.3) is 0 Å². The minimum atomic E-state index is -0.300. The van der Waals surface area contributed by atoms with E-state index in [1.54, 1.807) is 36.4 Å². The Morgan fingerprint density at radius 2 is 1.89 bits per heavy atom. The molecule has 1 heterocycles. The van der Waals surface area contributed by atoms with E-state index in [1.807, 2.05) is 6.92 Å². The van der Waals surface area contributed by atoms with Crippen LogP contribution in [0.2, 0.25) is 5.02 Å². The number of thiazole rings is 1. The summed E-state index contributed by atoms with van der Waals surface area (Å²) in [5.41, 5.74) is 1.53. The summed E-state index contributed by atoms with van der Waals surface area (Å²) in [5.74, 6) is 0.290. The molecule has 7 heteroatoms. The fourth-order valence-corrected chi connectivity index (χ4v) is 3.60. The minimum absolute atomic E-state index is 0.110. The van der Waals surface area contributed by atoms with Crippen LogP contribution >= 0.6 is 22.9 Å². The SMILES string of the molecule is Cc1nc(-c2ccc(F)cc2)c(CC(=O)NCCOc2ccc(Cl)cc2)s1. The van der Waals surface area contributed by atoms with Gasteiger partial charge in [0.1, 0.15) is 18.2 Å². The number of nitrogens with one attached hydrogen (secondary N) is 1. The predicted octanol–water partition coefficient (Wildman–Crippen LogP) is 4.65. The van der Waals surface area contributed by atoms with Crippen LogP contribution in [0.3, 0.4) is 0 Å². The van der Waals surface area contributed by atoms with Crippen LogP contribution < -0.4 is 10.1 Å². The number of rotatable bonds is 7. The molecular weight excluding hydrogens is 387 g/mol. The third kappa shape index (κ3) is 5.52. The van der Waals surface area contributed by atoms with Gasteiger partial charge in [0.15, 0.2) is 0 Å². The second kappa shape index (κ2) is 8.97. The molecule has 0 radical (unpaired) electrons. The van der Waals surface area contributed by atoms with Crippen LogP contribution in [-0.2, 0) is 11.2 Å². The van der Waals surface area contributed by atoms with Crippen molar-refractivity contribution in [2.75, 3.05) is 13.2 Å². The Kier molecular flexibility index (Phi) is 6.42. The molecule has 1 amide bonds. The Balaban J connectivity index is 1.53. The molecule has 27 heavy (non-hydrogen) atoms. The van der Waals surface area contributed by atoms with E-state index in [1.165, 1.54) is 23.5 Å². The summed E-state index contributed by atoms with van der Waals surface area (Å²) in [6.45, 7) is 2.64. The van der Waals surface area contributed by atoms with Gasteiger partial charge in [0.2, 0.25) is 5.91 Å². The molecule has 0 aliphatic rings. The molecule has 1 N–H and O–H groups in total. The number of carbonyl (C=O) groups excluding carboxylic acids is 1. The van der Waals surface area contributed by atoms with Crippen molar-refractivity contribution >= 4 is 28.8 Å². The summed E-state index contributed by atoms with van der Waals surface area (Å²) in [6.07, 6.45) is 0.221. The third-order valence-electron chi connectivity index (χ3n) is 3.75. The fourth-order valence-electron chi connectivity index (χ4n) is 2.52. The van der Waals surface area contributed by atoms with E-state index in [2.05, 4.69) is 10.3 Å². The lowest BCUT2D eigenvalue weighted by Gasteiger charge is -2.08. The van der Waals surface area contributed by atoms with Crippen molar-refractivity contribution in [1.82, 2.24) is 10.3 Å². The predicted molar refractivity (Wildman–Crippen MR) is 106 cm³/mol. The second-order valence-electron chi connectivity index (χ2n) is 5.84. The Morgan fingerprint density at radius 3 is 2.59 bits per heavy atom. The zero-order valence-electron chi connectivity index (χ0n) is 14.7. The van der Waals surface area contributed by atoms with Gasteiger partial charge in [-0.3, -0.25) is 4.79 Å². The number of hydrogen-bond acceptors (Lipinski definition) is 4. The first-order valence-electron chi connectivity index (χ1n) is 8.38. The Hall–Kier alpha value is -2.44. The van der Waals surface area contributed by atoms with Crippen molar-refractivity contribution < 1.29 is 13.9 Å². The number of amides is 1. The van der Waals surface area contributed by atoms with Crippen molar-refractivity contribution in [3.05, 3.63) is 69.3 Å². The van der Waals surface area contributed by atoms with Crippen molar-refractivity contribution in [3.63, 3.8) is 0 Å². The maximum absolute atomic E-state index is 13.1. The molecule has 0 aliphatic carbocycles. The van der Waals surface area contributed by atoms with Crippen LogP contribution in [0.1, 0.15) is 9.88 Å². The summed E-state index contributed by atoms with van der Waals surface area (Å²) in [4.78, 5) is 17.6. The van der Waals surface area contributed by atoms with Crippen molar-refractivity contribution in [2.45, 2.75) is 13.3 Å². The highest BCUT2D eigenvalue weighted by Gasteiger charge is 2.14. The van der Waals surface area contributed by atoms with E-state index in [-0.39, 0.29) is 18.1 Å². The van der Waals surface area contributed by atoms with Crippen LogP contribution in [0.4, 0.5) is 4.39 Å². The second-order valence-corrected chi connectivity index (χ2v) is 7.56. The summed E-state index contributed by atoms with van der Waals surface area (Å²) in [6, 6.07) is 13.2. The van der Waals surface area contributed by atoms with Gasteiger partial charge in [-0.25, -0.2) is 9.37 Å². The van der Waals surface area contributed by atoms with Gasteiger partial charge in [-0.1, -0.05) is 11.6 Å². The summed E-state index contributed by atoms with van der Waals surface area (Å²) in [5, 5.41) is 4.35. The van der Waals surface area contributed by atoms with E-state index >= 15 is 0 Å². The van der Waals surface area contributed by atoms with Gasteiger partial charge in [-0.15, -0.1) is 11.3 Å². The minimum Gasteiger partial charge on any atom is -0.492 e. The molecule has 0 atom stereocenters. The number of ether oxygens (including phenoxy) is 1. The van der Waals surface area contributed by atoms with E-state index in [9.17, 15) is 9.18 Å². The quantitative estimate of drug-likeness (QED) is 0.583. The number of hydrogen-bond donors (Lipinski definition) is 1. The average molecular weight is 405 g/mol. The number of halogens is 2. The van der Waals surface area contributed by atoms with Crippen molar-refractivity contribution in [3.8, 4) is 17.0 Å². The molecule has 0 fully saturated rings. The molecule has 0 unspecified atom stereocenters. The number of nitrogens with zero attached hydrogens (tertiary/aromatic N) is 1. The van der Waals surface area contributed by atoms with E-state index < -0.39 is 0 Å². The van der Waals surface area contributed by atoms with Crippen LogP contribution in [0.15, 0.2) is 48.5 Å². The molecule has 4 nitrogen and oxygen atoms in total. The standard InChI is InChI=1S/C20H18ClFN2O2S/c1-13-24-20(14-2-6-16(22)7-3-14)18(27-13)12-19(25)23-10-11-26-17-8-4-15(21)5-9-17/h2-9H,10-12H2,1H3,(H,23,25). The molecule has 1 aromatic heterocycles. The maximum Gasteiger partial charge on any atom is 0.225 e. The van der Waals surface area contributed by atoms with Crippen LogP contribution in [-0.4, -0.2) is 24.0 Å². The Morgan fingerprint density at radius 1 is 1.19 bits per heavy atom. The van der Waals surface area contributed by atoms with Gasteiger partial charge < -0.3 is 10.1 Å². The normalized spacial score (nSPS) is 10.6. The molecule has 0 aliphatic heterocycles. The molecule has 0 bridgehead atoms. The molecule has 2 aromatic carbocycles. The van der Waals surface area contributed by atoms with E-state index in [0.29, 0.717) is 23.9 Å². The first-order valence-corrected chi connectivity index (χ1v) is 9.58. The highest BCUT2D eigenvalue weighted by molar-refractivity contribution is 7.12. The smallest absolute Gasteiger partial charge is 0.225 e.